The SMILES string of the molecule is CCCCOc1ccc(C(=O)NNC(=O)CCN2C(=O)COc3ccccc32)cc1OC. The van der Waals surface area contributed by atoms with Crippen LogP contribution in [-0.4, -0.2) is 44.6 Å². The molecule has 1 aliphatic rings. The highest BCUT2D eigenvalue weighted by Gasteiger charge is 2.25. The third kappa shape index (κ3) is 5.69. The van der Waals surface area contributed by atoms with Gasteiger partial charge in [0, 0.05) is 18.5 Å². The predicted octanol–water partition coefficient (Wildman–Crippen LogP) is 2.45. The van der Waals surface area contributed by atoms with E-state index in [2.05, 4.69) is 17.8 Å². The number of unbranched alkanes of at least 4 members (excludes halogenated alkanes) is 1. The van der Waals surface area contributed by atoms with Crippen LogP contribution in [0.25, 0.3) is 0 Å². The van der Waals surface area contributed by atoms with Crippen molar-refractivity contribution in [2.45, 2.75) is 26.2 Å². The molecule has 9 nitrogen and oxygen atoms in total. The van der Waals surface area contributed by atoms with Gasteiger partial charge in [0.1, 0.15) is 5.75 Å². The molecule has 0 atom stereocenters. The number of para-hydroxylation sites is 2. The standard InChI is InChI=1S/C23H27N3O6/c1-3-4-13-31-19-10-9-16(14-20(19)30-2)23(29)25-24-21(27)11-12-26-17-7-5-6-8-18(17)32-15-22(26)28/h5-10,14H,3-4,11-13,15H2,1-2H3,(H,24,27)(H,25,29). The lowest BCUT2D eigenvalue weighted by Gasteiger charge is -2.29. The van der Waals surface area contributed by atoms with Gasteiger partial charge >= 0.3 is 0 Å². The molecule has 2 aromatic carbocycles. The summed E-state index contributed by atoms with van der Waals surface area (Å²) < 4.78 is 16.3. The van der Waals surface area contributed by atoms with Crippen molar-refractivity contribution in [2.75, 3.05) is 31.8 Å². The smallest absolute Gasteiger partial charge is 0.269 e. The zero-order valence-corrected chi connectivity index (χ0v) is 18.2. The van der Waals surface area contributed by atoms with Crippen molar-refractivity contribution in [1.82, 2.24) is 10.9 Å². The first kappa shape index (κ1) is 22.9. The second-order valence-electron chi connectivity index (χ2n) is 7.12. The molecule has 3 rings (SSSR count). The number of fused-ring (bicyclic) bond motifs is 1. The number of hydrogen-bond acceptors (Lipinski definition) is 6. The number of carbonyl (C=O) groups excluding carboxylic acids is 3. The van der Waals surface area contributed by atoms with Gasteiger partial charge in [-0.15, -0.1) is 0 Å². The Balaban J connectivity index is 1.52. The molecular weight excluding hydrogens is 414 g/mol. The Bertz CT molecular complexity index is 978. The van der Waals surface area contributed by atoms with Crippen molar-refractivity contribution in [3.8, 4) is 17.2 Å². The molecule has 32 heavy (non-hydrogen) atoms. The fraction of sp³-hybridized carbons (Fsp3) is 0.348. The lowest BCUT2D eigenvalue weighted by molar-refractivity contribution is -0.122. The van der Waals surface area contributed by atoms with Gasteiger partial charge in [-0.25, -0.2) is 0 Å². The zero-order valence-electron chi connectivity index (χ0n) is 18.2. The summed E-state index contributed by atoms with van der Waals surface area (Å²) >= 11 is 0. The average Bonchev–Trinajstić information content (AvgIpc) is 2.82. The molecule has 0 fully saturated rings. The van der Waals surface area contributed by atoms with Crippen LogP contribution in [0.2, 0.25) is 0 Å². The van der Waals surface area contributed by atoms with Gasteiger partial charge in [0.05, 0.1) is 19.4 Å². The molecule has 9 heteroatoms. The molecule has 1 aliphatic heterocycles. The number of nitrogens with zero attached hydrogens (tertiary/aromatic N) is 1. The summed E-state index contributed by atoms with van der Waals surface area (Å²) in [7, 11) is 1.50. The van der Waals surface area contributed by atoms with Gasteiger partial charge in [-0.05, 0) is 36.8 Å². The van der Waals surface area contributed by atoms with E-state index in [4.69, 9.17) is 14.2 Å². The van der Waals surface area contributed by atoms with Crippen LogP contribution >= 0.6 is 0 Å². The molecule has 0 aliphatic carbocycles. The highest BCUT2D eigenvalue weighted by Crippen LogP contribution is 2.31. The predicted molar refractivity (Wildman–Crippen MR) is 118 cm³/mol. The molecule has 0 aromatic heterocycles. The van der Waals surface area contributed by atoms with Crippen molar-refractivity contribution in [3.05, 3.63) is 48.0 Å². The lowest BCUT2D eigenvalue weighted by Crippen LogP contribution is -2.44. The third-order valence-electron chi connectivity index (χ3n) is 4.87. The first-order valence-electron chi connectivity index (χ1n) is 10.5. The van der Waals surface area contributed by atoms with Gasteiger partial charge in [-0.2, -0.15) is 0 Å². The van der Waals surface area contributed by atoms with E-state index in [1.165, 1.54) is 12.0 Å². The first-order valence-corrected chi connectivity index (χ1v) is 10.5. The van der Waals surface area contributed by atoms with Crippen LogP contribution in [0.3, 0.4) is 0 Å². The van der Waals surface area contributed by atoms with Gasteiger partial charge in [-0.3, -0.25) is 25.2 Å². The molecule has 2 N–H and O–H groups in total. The molecule has 3 amide bonds. The van der Waals surface area contributed by atoms with E-state index in [-0.39, 0.29) is 25.5 Å². The monoisotopic (exact) mass is 441 g/mol. The van der Waals surface area contributed by atoms with Crippen LogP contribution in [0, 0.1) is 0 Å². The van der Waals surface area contributed by atoms with Crippen LogP contribution in [0.4, 0.5) is 5.69 Å². The second-order valence-corrected chi connectivity index (χ2v) is 7.12. The molecule has 0 saturated carbocycles. The van der Waals surface area contributed by atoms with Crippen LogP contribution in [0.5, 0.6) is 17.2 Å². The number of hydrazine groups is 1. The Labute approximate surface area is 186 Å². The van der Waals surface area contributed by atoms with Crippen LogP contribution in [0.15, 0.2) is 42.5 Å². The summed E-state index contributed by atoms with van der Waals surface area (Å²) in [5.41, 5.74) is 5.68. The number of hydrogen-bond donors (Lipinski definition) is 2. The van der Waals surface area contributed by atoms with Gasteiger partial charge in [-0.1, -0.05) is 25.5 Å². The van der Waals surface area contributed by atoms with Crippen molar-refractivity contribution in [2.24, 2.45) is 0 Å². The van der Waals surface area contributed by atoms with E-state index in [1.807, 2.05) is 6.07 Å². The Morgan fingerprint density at radius 3 is 2.72 bits per heavy atom. The number of rotatable bonds is 9. The number of nitrogens with one attached hydrogen (secondary N) is 2. The number of methoxy groups -OCH3 is 1. The van der Waals surface area contributed by atoms with E-state index in [0.717, 1.165) is 12.8 Å². The molecule has 170 valence electrons. The second kappa shape index (κ2) is 11.0. The Kier molecular flexibility index (Phi) is 7.91. The topological polar surface area (TPSA) is 106 Å². The minimum atomic E-state index is -0.496. The summed E-state index contributed by atoms with van der Waals surface area (Å²) in [5.74, 6) is 0.429. The number of anilines is 1. The summed E-state index contributed by atoms with van der Waals surface area (Å²) in [6.45, 7) is 2.72. The molecule has 2 aromatic rings. The van der Waals surface area contributed by atoms with Gasteiger partial charge in [0.15, 0.2) is 18.1 Å². The Morgan fingerprint density at radius 1 is 1.12 bits per heavy atom. The quantitative estimate of drug-likeness (QED) is 0.457. The Hall–Kier alpha value is -3.75. The maximum Gasteiger partial charge on any atom is 0.269 e. The minimum Gasteiger partial charge on any atom is -0.493 e. The van der Waals surface area contributed by atoms with Crippen LogP contribution in [-0.2, 0) is 9.59 Å². The van der Waals surface area contributed by atoms with E-state index in [0.29, 0.717) is 35.1 Å². The summed E-state index contributed by atoms with van der Waals surface area (Å²) in [4.78, 5) is 38.3. The summed E-state index contributed by atoms with van der Waals surface area (Å²) in [6.07, 6.45) is 1.93. The van der Waals surface area contributed by atoms with Crippen molar-refractivity contribution in [3.63, 3.8) is 0 Å². The molecule has 0 radical (unpaired) electrons. The molecule has 1 heterocycles. The molecule has 0 bridgehead atoms. The van der Waals surface area contributed by atoms with E-state index < -0.39 is 11.8 Å². The minimum absolute atomic E-state index is 0.00782. The fourth-order valence-corrected chi connectivity index (χ4v) is 3.13. The number of ether oxygens (including phenoxy) is 3. The largest absolute Gasteiger partial charge is 0.493 e. The van der Waals surface area contributed by atoms with Gasteiger partial charge in [0.25, 0.3) is 11.8 Å². The maximum atomic E-state index is 12.4. The molecular formula is C23H27N3O6. The van der Waals surface area contributed by atoms with E-state index in [9.17, 15) is 14.4 Å². The van der Waals surface area contributed by atoms with Crippen molar-refractivity contribution in [1.29, 1.82) is 0 Å². The maximum absolute atomic E-state index is 12.4. The fourth-order valence-electron chi connectivity index (χ4n) is 3.13. The first-order chi connectivity index (χ1) is 15.5. The zero-order chi connectivity index (χ0) is 22.9. The van der Waals surface area contributed by atoms with E-state index >= 15 is 0 Å². The lowest BCUT2D eigenvalue weighted by atomic mass is 10.2. The summed E-state index contributed by atoms with van der Waals surface area (Å²) in [5, 5.41) is 0. The average molecular weight is 441 g/mol. The van der Waals surface area contributed by atoms with Crippen LogP contribution in [0.1, 0.15) is 36.5 Å². The van der Waals surface area contributed by atoms with Gasteiger partial charge < -0.3 is 19.1 Å². The number of amides is 3. The Morgan fingerprint density at radius 2 is 1.94 bits per heavy atom. The third-order valence-corrected chi connectivity index (χ3v) is 4.87. The molecule has 0 saturated heterocycles. The molecule has 0 spiro atoms. The number of carbonyl (C=O) groups is 3. The van der Waals surface area contributed by atoms with E-state index in [1.54, 1.807) is 36.4 Å². The molecule has 0 unspecified atom stereocenters. The number of benzene rings is 2. The van der Waals surface area contributed by atoms with Crippen LogP contribution < -0.4 is 30.0 Å². The highest BCUT2D eigenvalue weighted by molar-refractivity contribution is 5.99. The van der Waals surface area contributed by atoms with Gasteiger partial charge in [0.2, 0.25) is 5.91 Å². The van der Waals surface area contributed by atoms with Crippen molar-refractivity contribution < 1.29 is 28.6 Å². The van der Waals surface area contributed by atoms with Crippen molar-refractivity contribution >= 4 is 23.4 Å². The highest BCUT2D eigenvalue weighted by atomic mass is 16.5. The summed E-state index contributed by atoms with van der Waals surface area (Å²) in [6, 6.07) is 11.9. The normalized spacial score (nSPS) is 12.4.